The van der Waals surface area contributed by atoms with Crippen LogP contribution < -0.4 is 5.73 Å². The lowest BCUT2D eigenvalue weighted by atomic mass is 10.2. The molecule has 1 rings (SSSR count). The Hall–Kier alpha value is -0.810. The lowest BCUT2D eigenvalue weighted by molar-refractivity contribution is 0.149. The number of rotatable bonds is 2. The van der Waals surface area contributed by atoms with Crippen molar-refractivity contribution in [3.8, 4) is 6.07 Å². The number of hydrogen-bond acceptors (Lipinski definition) is 3. The van der Waals surface area contributed by atoms with Crippen molar-refractivity contribution in [2.75, 3.05) is 0 Å². The van der Waals surface area contributed by atoms with Gasteiger partial charge in [0, 0.05) is 12.1 Å². The summed E-state index contributed by atoms with van der Waals surface area (Å²) < 4.78 is 25.3. The van der Waals surface area contributed by atoms with Gasteiger partial charge in [-0.15, -0.1) is 0 Å². The second kappa shape index (κ2) is 4.61. The molecule has 2 N–H and O–H groups in total. The predicted molar refractivity (Wildman–Crippen MR) is 54.5 cm³/mol. The molecule has 0 aliphatic rings. The van der Waals surface area contributed by atoms with Crippen molar-refractivity contribution in [3.63, 3.8) is 0 Å². The molecule has 0 unspecified atom stereocenters. The lowest BCUT2D eigenvalue weighted by Gasteiger charge is -2.07. The van der Waals surface area contributed by atoms with E-state index in [0.717, 1.165) is 0 Å². The first-order valence-corrected chi connectivity index (χ1v) is 4.75. The Bertz CT molecular complexity index is 387. The Morgan fingerprint density at radius 2 is 2.29 bits per heavy atom. The molecule has 0 aliphatic carbocycles. The van der Waals surface area contributed by atoms with Crippen LogP contribution in [0.4, 0.5) is 8.78 Å². The molecule has 0 bridgehead atoms. The number of hydrogen-bond donors (Lipinski definition) is 1. The molecule has 3 nitrogen and oxygen atoms in total. The predicted octanol–water partition coefficient (Wildman–Crippen LogP) is 1.95. The molecule has 74 valence electrons. The monoisotopic (exact) mass is 309 g/mol. The molecule has 0 saturated heterocycles. The van der Waals surface area contributed by atoms with Gasteiger partial charge in [0.25, 0.3) is 6.43 Å². The summed E-state index contributed by atoms with van der Waals surface area (Å²) in [5.41, 5.74) is 5.27. The standard InChI is InChI=1S/C8H6F2IN3/c9-8(10)4-1-5(11)7(3-13)14-6(4)2-12/h1,8H,2,12H2. The van der Waals surface area contributed by atoms with Gasteiger partial charge in [0.15, 0.2) is 5.69 Å². The van der Waals surface area contributed by atoms with Gasteiger partial charge in [0.05, 0.1) is 9.26 Å². The van der Waals surface area contributed by atoms with E-state index in [-0.39, 0.29) is 23.5 Å². The van der Waals surface area contributed by atoms with Gasteiger partial charge in [-0.25, -0.2) is 13.8 Å². The van der Waals surface area contributed by atoms with Gasteiger partial charge >= 0.3 is 0 Å². The summed E-state index contributed by atoms with van der Waals surface area (Å²) >= 11 is 1.79. The van der Waals surface area contributed by atoms with E-state index in [1.165, 1.54) is 6.07 Å². The molecule has 0 aromatic carbocycles. The second-order valence-electron chi connectivity index (χ2n) is 2.47. The van der Waals surface area contributed by atoms with E-state index in [1.54, 1.807) is 22.6 Å². The number of alkyl halides is 2. The fourth-order valence-electron chi connectivity index (χ4n) is 0.972. The molecule has 0 aliphatic heterocycles. The third-order valence-corrected chi connectivity index (χ3v) is 2.45. The lowest BCUT2D eigenvalue weighted by Crippen LogP contribution is -2.07. The Morgan fingerprint density at radius 1 is 1.64 bits per heavy atom. The first kappa shape index (κ1) is 11.3. The zero-order valence-corrected chi connectivity index (χ0v) is 9.12. The molecule has 0 saturated carbocycles. The SMILES string of the molecule is N#Cc1nc(CN)c(C(F)F)cc1I. The van der Waals surface area contributed by atoms with Crippen LogP contribution in [0.15, 0.2) is 6.07 Å². The number of aromatic nitrogens is 1. The molecule has 0 fully saturated rings. The van der Waals surface area contributed by atoms with Gasteiger partial charge < -0.3 is 5.73 Å². The molecule has 14 heavy (non-hydrogen) atoms. The number of nitrogens with two attached hydrogens (primary N) is 1. The number of pyridine rings is 1. The van der Waals surface area contributed by atoms with E-state index in [0.29, 0.717) is 3.57 Å². The number of nitrogens with zero attached hydrogens (tertiary/aromatic N) is 2. The summed E-state index contributed by atoms with van der Waals surface area (Å²) in [7, 11) is 0. The van der Waals surface area contributed by atoms with E-state index in [2.05, 4.69) is 4.98 Å². The zero-order valence-electron chi connectivity index (χ0n) is 6.97. The molecule has 1 aromatic rings. The highest BCUT2D eigenvalue weighted by atomic mass is 127. The van der Waals surface area contributed by atoms with Gasteiger partial charge in [-0.05, 0) is 28.7 Å². The molecular formula is C8H6F2IN3. The summed E-state index contributed by atoms with van der Waals surface area (Å²) in [5, 5.41) is 8.62. The third-order valence-electron chi connectivity index (χ3n) is 1.62. The average Bonchev–Trinajstić information content (AvgIpc) is 2.17. The molecule has 6 heteroatoms. The molecule has 0 radical (unpaired) electrons. The molecule has 1 aromatic heterocycles. The summed E-state index contributed by atoms with van der Waals surface area (Å²) in [6.45, 7) is -0.0920. The summed E-state index contributed by atoms with van der Waals surface area (Å²) in [6, 6.07) is 3.07. The van der Waals surface area contributed by atoms with E-state index >= 15 is 0 Å². The van der Waals surface area contributed by atoms with Crippen LogP contribution in [0.2, 0.25) is 0 Å². The molecular weight excluding hydrogens is 303 g/mol. The topological polar surface area (TPSA) is 62.7 Å². The maximum Gasteiger partial charge on any atom is 0.265 e. The fraction of sp³-hybridized carbons (Fsp3) is 0.250. The molecule has 1 heterocycles. The van der Waals surface area contributed by atoms with Gasteiger partial charge in [-0.3, -0.25) is 0 Å². The van der Waals surface area contributed by atoms with Crippen molar-refractivity contribution in [2.24, 2.45) is 5.73 Å². The fourth-order valence-corrected chi connectivity index (χ4v) is 1.55. The van der Waals surface area contributed by atoms with Crippen LogP contribution in [-0.4, -0.2) is 4.98 Å². The van der Waals surface area contributed by atoms with Crippen LogP contribution in [0.25, 0.3) is 0 Å². The minimum atomic E-state index is -2.61. The highest BCUT2D eigenvalue weighted by Gasteiger charge is 2.16. The molecule has 0 spiro atoms. The third kappa shape index (κ3) is 2.16. The van der Waals surface area contributed by atoms with Crippen molar-refractivity contribution in [2.45, 2.75) is 13.0 Å². The smallest absolute Gasteiger partial charge is 0.265 e. The highest BCUT2D eigenvalue weighted by molar-refractivity contribution is 14.1. The molecule has 0 atom stereocenters. The summed E-state index contributed by atoms with van der Waals surface area (Å²) in [4.78, 5) is 3.76. The number of nitriles is 1. The van der Waals surface area contributed by atoms with E-state index in [9.17, 15) is 8.78 Å². The van der Waals surface area contributed by atoms with Gasteiger partial charge in [0.1, 0.15) is 6.07 Å². The second-order valence-corrected chi connectivity index (χ2v) is 3.63. The Morgan fingerprint density at radius 3 is 2.71 bits per heavy atom. The van der Waals surface area contributed by atoms with Crippen molar-refractivity contribution >= 4 is 22.6 Å². The Labute approximate surface area is 93.1 Å². The quantitative estimate of drug-likeness (QED) is 0.849. The van der Waals surface area contributed by atoms with Crippen LogP contribution in [0, 0.1) is 14.9 Å². The van der Waals surface area contributed by atoms with Crippen LogP contribution >= 0.6 is 22.6 Å². The maximum absolute atomic E-state index is 12.4. The van der Waals surface area contributed by atoms with Crippen LogP contribution in [0.1, 0.15) is 23.4 Å². The van der Waals surface area contributed by atoms with Crippen molar-refractivity contribution in [1.82, 2.24) is 4.98 Å². The summed E-state index contributed by atoms with van der Waals surface area (Å²) in [5.74, 6) is 0. The van der Waals surface area contributed by atoms with Crippen molar-refractivity contribution < 1.29 is 8.78 Å². The Balaban J connectivity index is 3.33. The average molecular weight is 309 g/mol. The van der Waals surface area contributed by atoms with Gasteiger partial charge in [0.2, 0.25) is 0 Å². The Kier molecular flexibility index (Phi) is 3.71. The molecule has 0 amide bonds. The minimum Gasteiger partial charge on any atom is -0.325 e. The van der Waals surface area contributed by atoms with Crippen LogP contribution in [-0.2, 0) is 6.54 Å². The van der Waals surface area contributed by atoms with Crippen LogP contribution in [0.5, 0.6) is 0 Å². The first-order chi connectivity index (χ1) is 6.60. The highest BCUT2D eigenvalue weighted by Crippen LogP contribution is 2.24. The first-order valence-electron chi connectivity index (χ1n) is 3.67. The summed E-state index contributed by atoms with van der Waals surface area (Å²) in [6.07, 6.45) is -2.61. The maximum atomic E-state index is 12.4. The van der Waals surface area contributed by atoms with Crippen LogP contribution in [0.3, 0.4) is 0 Å². The van der Waals surface area contributed by atoms with Gasteiger partial charge in [-0.1, -0.05) is 0 Å². The van der Waals surface area contributed by atoms with Gasteiger partial charge in [-0.2, -0.15) is 5.26 Å². The minimum absolute atomic E-state index is 0.0805. The normalized spacial score (nSPS) is 10.3. The largest absolute Gasteiger partial charge is 0.325 e. The van der Waals surface area contributed by atoms with E-state index in [1.807, 2.05) is 6.07 Å². The van der Waals surface area contributed by atoms with Crippen molar-refractivity contribution in [3.05, 3.63) is 26.6 Å². The van der Waals surface area contributed by atoms with Crippen molar-refractivity contribution in [1.29, 1.82) is 5.26 Å². The van der Waals surface area contributed by atoms with E-state index < -0.39 is 6.43 Å². The zero-order chi connectivity index (χ0) is 10.7. The number of halogens is 3. The van der Waals surface area contributed by atoms with E-state index in [4.69, 9.17) is 11.0 Å².